The molecular formula is C26H23ClFN3O3. The van der Waals surface area contributed by atoms with Crippen molar-refractivity contribution in [2.24, 2.45) is 0 Å². The van der Waals surface area contributed by atoms with Crippen LogP contribution in [-0.4, -0.2) is 40.6 Å². The first kappa shape index (κ1) is 22.2. The van der Waals surface area contributed by atoms with Gasteiger partial charge in [0, 0.05) is 43.2 Å². The lowest BCUT2D eigenvalue weighted by atomic mass is 9.93. The molecule has 3 aromatic carbocycles. The van der Waals surface area contributed by atoms with Crippen LogP contribution in [0.4, 0.5) is 14.9 Å². The summed E-state index contributed by atoms with van der Waals surface area (Å²) in [6.45, 7) is 1.09. The number of amides is 3. The van der Waals surface area contributed by atoms with E-state index in [4.69, 9.17) is 16.3 Å². The fourth-order valence-electron chi connectivity index (χ4n) is 4.51. The number of nitrogens with one attached hydrogen (secondary N) is 1. The monoisotopic (exact) mass is 479 g/mol. The Morgan fingerprint density at radius 3 is 2.50 bits per heavy atom. The molecule has 8 heteroatoms. The van der Waals surface area contributed by atoms with Gasteiger partial charge < -0.3 is 15.0 Å². The minimum atomic E-state index is -0.896. The van der Waals surface area contributed by atoms with E-state index in [1.807, 2.05) is 6.07 Å². The van der Waals surface area contributed by atoms with Gasteiger partial charge in [-0.05, 0) is 48.0 Å². The molecule has 2 aliphatic rings. The number of carbonyl (C=O) groups is 2. The molecular weight excluding hydrogens is 457 g/mol. The van der Waals surface area contributed by atoms with Crippen LogP contribution in [0, 0.1) is 5.82 Å². The van der Waals surface area contributed by atoms with Crippen molar-refractivity contribution in [2.75, 3.05) is 18.4 Å². The van der Waals surface area contributed by atoms with Crippen LogP contribution in [0.25, 0.3) is 0 Å². The summed E-state index contributed by atoms with van der Waals surface area (Å²) < 4.78 is 19.9. The third kappa shape index (κ3) is 4.31. The number of carbonyl (C=O) groups excluding carboxylic acids is 2. The Kier molecular flexibility index (Phi) is 5.87. The number of nitrogens with zero attached hydrogens (tertiary/aromatic N) is 2. The second-order valence-corrected chi connectivity index (χ2v) is 8.93. The zero-order chi connectivity index (χ0) is 23.7. The maximum absolute atomic E-state index is 13.5. The van der Waals surface area contributed by atoms with E-state index < -0.39 is 5.72 Å². The Labute approximate surface area is 201 Å². The molecule has 0 atom stereocenters. The van der Waals surface area contributed by atoms with Gasteiger partial charge in [-0.1, -0.05) is 41.9 Å². The van der Waals surface area contributed by atoms with Gasteiger partial charge in [0.15, 0.2) is 5.72 Å². The number of ether oxygens (including phenoxy) is 1. The van der Waals surface area contributed by atoms with Crippen LogP contribution >= 0.6 is 11.6 Å². The van der Waals surface area contributed by atoms with E-state index in [2.05, 4.69) is 5.32 Å². The molecule has 0 radical (unpaired) electrons. The van der Waals surface area contributed by atoms with Crippen molar-refractivity contribution in [1.82, 2.24) is 9.80 Å². The number of hydrogen-bond donors (Lipinski definition) is 1. The summed E-state index contributed by atoms with van der Waals surface area (Å²) in [7, 11) is 0. The molecule has 0 bridgehead atoms. The van der Waals surface area contributed by atoms with Crippen molar-refractivity contribution in [3.8, 4) is 5.75 Å². The number of rotatable bonds is 3. The van der Waals surface area contributed by atoms with Gasteiger partial charge in [0.1, 0.15) is 11.6 Å². The van der Waals surface area contributed by atoms with Gasteiger partial charge >= 0.3 is 6.03 Å². The highest BCUT2D eigenvalue weighted by Gasteiger charge is 2.49. The Morgan fingerprint density at radius 1 is 1.03 bits per heavy atom. The normalized spacial score (nSPS) is 16.7. The van der Waals surface area contributed by atoms with E-state index in [1.165, 1.54) is 12.1 Å². The predicted octanol–water partition coefficient (Wildman–Crippen LogP) is 5.54. The highest BCUT2D eigenvalue weighted by Crippen LogP contribution is 2.40. The molecule has 0 aromatic heterocycles. The Morgan fingerprint density at radius 2 is 1.76 bits per heavy atom. The van der Waals surface area contributed by atoms with E-state index in [0.29, 0.717) is 48.0 Å². The fourth-order valence-corrected chi connectivity index (χ4v) is 4.70. The van der Waals surface area contributed by atoms with Crippen molar-refractivity contribution in [2.45, 2.75) is 25.1 Å². The maximum atomic E-state index is 13.5. The Hall–Kier alpha value is -3.58. The first-order chi connectivity index (χ1) is 16.4. The van der Waals surface area contributed by atoms with Gasteiger partial charge in [-0.15, -0.1) is 0 Å². The van der Waals surface area contributed by atoms with Crippen LogP contribution in [0.2, 0.25) is 5.02 Å². The van der Waals surface area contributed by atoms with E-state index in [0.717, 1.165) is 5.56 Å². The molecule has 1 saturated heterocycles. The molecule has 1 spiro atoms. The van der Waals surface area contributed by atoms with Gasteiger partial charge in [-0.3, -0.25) is 9.69 Å². The predicted molar refractivity (Wildman–Crippen MR) is 127 cm³/mol. The zero-order valence-electron chi connectivity index (χ0n) is 18.3. The minimum Gasteiger partial charge on any atom is -0.467 e. The standard InChI is InChI=1S/C26H23ClFN3O3/c27-19-4-3-5-21(16-19)29-25(33)30-14-12-26(13-15-30)31(17-18-8-10-20(28)11-9-18)24(32)22-6-1-2-7-23(22)34-26/h1-11,16H,12-15,17H2,(H,29,33). The number of hydrogen-bond acceptors (Lipinski definition) is 3. The summed E-state index contributed by atoms with van der Waals surface area (Å²) in [4.78, 5) is 29.8. The molecule has 0 aliphatic carbocycles. The molecule has 1 N–H and O–H groups in total. The molecule has 174 valence electrons. The third-order valence-corrected chi connectivity index (χ3v) is 6.55. The van der Waals surface area contributed by atoms with Crippen LogP contribution in [0.1, 0.15) is 28.8 Å². The quantitative estimate of drug-likeness (QED) is 0.536. The zero-order valence-corrected chi connectivity index (χ0v) is 19.1. The number of urea groups is 1. The van der Waals surface area contributed by atoms with Gasteiger partial charge in [0.2, 0.25) is 0 Å². The molecule has 2 heterocycles. The van der Waals surface area contributed by atoms with Crippen LogP contribution < -0.4 is 10.1 Å². The number of fused-ring (bicyclic) bond motifs is 1. The maximum Gasteiger partial charge on any atom is 0.321 e. The SMILES string of the molecule is O=C(Nc1cccc(Cl)c1)N1CCC2(CC1)Oc1ccccc1C(=O)N2Cc1ccc(F)cc1. The summed E-state index contributed by atoms with van der Waals surface area (Å²) in [5, 5.41) is 3.41. The Bertz CT molecular complexity index is 1230. The van der Waals surface area contributed by atoms with Crippen LogP contribution in [0.5, 0.6) is 5.75 Å². The summed E-state index contributed by atoms with van der Waals surface area (Å²) >= 11 is 6.02. The molecule has 6 nitrogen and oxygen atoms in total. The van der Waals surface area contributed by atoms with Gasteiger partial charge in [-0.25, -0.2) is 9.18 Å². The molecule has 0 saturated carbocycles. The topological polar surface area (TPSA) is 61.9 Å². The average Bonchev–Trinajstić information content (AvgIpc) is 2.83. The second-order valence-electron chi connectivity index (χ2n) is 8.49. The van der Waals surface area contributed by atoms with Crippen molar-refractivity contribution in [3.63, 3.8) is 0 Å². The largest absolute Gasteiger partial charge is 0.467 e. The molecule has 0 unspecified atom stereocenters. The molecule has 2 aliphatic heterocycles. The lowest BCUT2D eigenvalue weighted by molar-refractivity contribution is -0.109. The highest BCUT2D eigenvalue weighted by atomic mass is 35.5. The van der Waals surface area contributed by atoms with E-state index in [1.54, 1.807) is 64.4 Å². The molecule has 1 fully saturated rings. The highest BCUT2D eigenvalue weighted by molar-refractivity contribution is 6.30. The average molecular weight is 480 g/mol. The molecule has 5 rings (SSSR count). The van der Waals surface area contributed by atoms with E-state index >= 15 is 0 Å². The number of benzene rings is 3. The third-order valence-electron chi connectivity index (χ3n) is 6.32. The number of halogens is 2. The van der Waals surface area contributed by atoms with E-state index in [9.17, 15) is 14.0 Å². The molecule has 3 amide bonds. The van der Waals surface area contributed by atoms with Crippen LogP contribution in [-0.2, 0) is 6.54 Å². The van der Waals surface area contributed by atoms with Gasteiger partial charge in [-0.2, -0.15) is 0 Å². The number of anilines is 1. The second kappa shape index (κ2) is 8.99. The van der Waals surface area contributed by atoms with Crippen molar-refractivity contribution in [3.05, 3.63) is 94.8 Å². The first-order valence-corrected chi connectivity index (χ1v) is 11.5. The number of likely N-dealkylation sites (tertiary alicyclic amines) is 1. The number of para-hydroxylation sites is 1. The van der Waals surface area contributed by atoms with Crippen LogP contribution in [0.15, 0.2) is 72.8 Å². The summed E-state index contributed by atoms with van der Waals surface area (Å²) in [5.41, 5.74) is 1.02. The smallest absolute Gasteiger partial charge is 0.321 e. The van der Waals surface area contributed by atoms with Crippen LogP contribution in [0.3, 0.4) is 0 Å². The summed E-state index contributed by atoms with van der Waals surface area (Å²) in [5.74, 6) is 0.0757. The number of piperidine rings is 1. The lowest BCUT2D eigenvalue weighted by Gasteiger charge is -2.50. The summed E-state index contributed by atoms with van der Waals surface area (Å²) in [6.07, 6.45) is 0.883. The van der Waals surface area contributed by atoms with Crippen molar-refractivity contribution >= 4 is 29.2 Å². The minimum absolute atomic E-state index is 0.136. The van der Waals surface area contributed by atoms with Gasteiger partial charge in [0.05, 0.1) is 5.56 Å². The molecule has 3 aromatic rings. The van der Waals surface area contributed by atoms with Crippen molar-refractivity contribution < 1.29 is 18.7 Å². The fraction of sp³-hybridized carbons (Fsp3) is 0.231. The molecule has 34 heavy (non-hydrogen) atoms. The lowest BCUT2D eigenvalue weighted by Crippen LogP contribution is -2.63. The first-order valence-electron chi connectivity index (χ1n) is 11.1. The summed E-state index contributed by atoms with van der Waals surface area (Å²) in [6, 6.07) is 20.0. The Balaban J connectivity index is 1.37. The van der Waals surface area contributed by atoms with E-state index in [-0.39, 0.29) is 24.3 Å². The van der Waals surface area contributed by atoms with Crippen molar-refractivity contribution in [1.29, 1.82) is 0 Å². The van der Waals surface area contributed by atoms with Gasteiger partial charge in [0.25, 0.3) is 5.91 Å².